The van der Waals surface area contributed by atoms with Crippen LogP contribution in [0.1, 0.15) is 26.6 Å². The summed E-state index contributed by atoms with van der Waals surface area (Å²) < 4.78 is 4.50. The molecular weight excluding hydrogens is 284 g/mol. The molecule has 0 N–H and O–H groups in total. The lowest BCUT2D eigenvalue weighted by atomic mass is 9.96. The normalized spacial score (nSPS) is 16.3. The maximum Gasteiger partial charge on any atom is 0.205 e. The molecule has 6 nitrogen and oxygen atoms in total. The van der Waals surface area contributed by atoms with Crippen molar-refractivity contribution in [1.82, 2.24) is 19.6 Å². The molecule has 0 spiro atoms. The molecule has 21 heavy (non-hydrogen) atoms. The van der Waals surface area contributed by atoms with E-state index in [0.29, 0.717) is 0 Å². The Hall–Kier alpha value is -1.76. The van der Waals surface area contributed by atoms with E-state index in [0.717, 1.165) is 42.8 Å². The second-order valence-corrected chi connectivity index (χ2v) is 6.96. The van der Waals surface area contributed by atoms with E-state index in [1.165, 1.54) is 11.5 Å². The van der Waals surface area contributed by atoms with Gasteiger partial charge < -0.3 is 9.80 Å². The van der Waals surface area contributed by atoms with Crippen LogP contribution in [-0.4, -0.2) is 45.7 Å². The van der Waals surface area contributed by atoms with Crippen LogP contribution >= 0.6 is 11.5 Å². The summed E-state index contributed by atoms with van der Waals surface area (Å²) in [4.78, 5) is 9.34. The van der Waals surface area contributed by atoms with Gasteiger partial charge in [0.05, 0.1) is 18.1 Å². The van der Waals surface area contributed by atoms with E-state index < -0.39 is 0 Å². The molecule has 1 aliphatic rings. The number of anilines is 2. The number of rotatable bonds is 2. The van der Waals surface area contributed by atoms with E-state index >= 15 is 0 Å². The number of hydrogen-bond donors (Lipinski definition) is 0. The average molecular weight is 304 g/mol. The van der Waals surface area contributed by atoms with Crippen LogP contribution in [0.2, 0.25) is 0 Å². The summed E-state index contributed by atoms with van der Waals surface area (Å²) in [5, 5.41) is 8.80. The van der Waals surface area contributed by atoms with Crippen molar-refractivity contribution in [2.24, 2.45) is 0 Å². The fourth-order valence-corrected chi connectivity index (χ4v) is 3.18. The highest BCUT2D eigenvalue weighted by atomic mass is 32.1. The van der Waals surface area contributed by atoms with Gasteiger partial charge in [-0.1, -0.05) is 20.8 Å². The Morgan fingerprint density at radius 3 is 2.33 bits per heavy atom. The Labute approximate surface area is 129 Å². The number of nitrogens with zero attached hydrogens (tertiary/aromatic N) is 6. The van der Waals surface area contributed by atoms with Crippen molar-refractivity contribution >= 4 is 22.4 Å². The molecule has 2 aromatic heterocycles. The van der Waals surface area contributed by atoms with Crippen LogP contribution < -0.4 is 9.80 Å². The first-order valence-corrected chi connectivity index (χ1v) is 7.92. The summed E-state index contributed by atoms with van der Waals surface area (Å²) in [5.74, 6) is 0.934. The van der Waals surface area contributed by atoms with Crippen LogP contribution in [0.4, 0.5) is 10.8 Å². The van der Waals surface area contributed by atoms with Crippen molar-refractivity contribution in [2.75, 3.05) is 36.0 Å². The molecule has 0 atom stereocenters. The third kappa shape index (κ3) is 3.12. The van der Waals surface area contributed by atoms with Crippen molar-refractivity contribution in [1.29, 1.82) is 0 Å². The summed E-state index contributed by atoms with van der Waals surface area (Å²) >= 11 is 1.50. The van der Waals surface area contributed by atoms with Gasteiger partial charge in [0, 0.05) is 43.1 Å². The Morgan fingerprint density at radius 2 is 1.76 bits per heavy atom. The van der Waals surface area contributed by atoms with Gasteiger partial charge in [-0.3, -0.25) is 0 Å². The molecule has 0 amide bonds. The lowest BCUT2D eigenvalue weighted by Gasteiger charge is -2.35. The second-order valence-electron chi connectivity index (χ2n) is 6.23. The molecule has 1 aliphatic heterocycles. The summed E-state index contributed by atoms with van der Waals surface area (Å²) in [7, 11) is 0. The highest BCUT2D eigenvalue weighted by Gasteiger charge is 2.24. The summed E-state index contributed by atoms with van der Waals surface area (Å²) in [6.45, 7) is 10.3. The fourth-order valence-electron chi connectivity index (χ4n) is 2.28. The topological polar surface area (TPSA) is 58.0 Å². The molecule has 3 rings (SSSR count). The summed E-state index contributed by atoms with van der Waals surface area (Å²) in [5.41, 5.74) is 1.15. The van der Waals surface area contributed by atoms with E-state index in [4.69, 9.17) is 4.98 Å². The highest BCUT2D eigenvalue weighted by molar-refractivity contribution is 7.09. The quantitative estimate of drug-likeness (QED) is 0.845. The van der Waals surface area contributed by atoms with Crippen LogP contribution in [0.3, 0.4) is 0 Å². The maximum atomic E-state index is 4.70. The minimum absolute atomic E-state index is 0.0132. The minimum atomic E-state index is 0.0132. The molecule has 2 aromatic rings. The highest BCUT2D eigenvalue weighted by Crippen LogP contribution is 2.26. The van der Waals surface area contributed by atoms with Crippen molar-refractivity contribution in [2.45, 2.75) is 26.2 Å². The molecule has 0 saturated carbocycles. The molecule has 1 saturated heterocycles. The molecule has 0 aromatic carbocycles. The van der Waals surface area contributed by atoms with Crippen molar-refractivity contribution in [3.05, 3.63) is 24.3 Å². The first-order chi connectivity index (χ1) is 10.0. The smallest absolute Gasteiger partial charge is 0.205 e. The predicted octanol–water partition coefficient (Wildman–Crippen LogP) is 1.95. The van der Waals surface area contributed by atoms with Gasteiger partial charge in [-0.05, 0) is 6.07 Å². The van der Waals surface area contributed by atoms with Gasteiger partial charge in [-0.25, -0.2) is 4.98 Å². The Morgan fingerprint density at radius 1 is 1.05 bits per heavy atom. The van der Waals surface area contributed by atoms with Gasteiger partial charge in [0.2, 0.25) is 5.13 Å². The van der Waals surface area contributed by atoms with Gasteiger partial charge in [0.15, 0.2) is 0 Å². The molecular formula is C14H20N6S. The molecule has 3 heterocycles. The monoisotopic (exact) mass is 304 g/mol. The van der Waals surface area contributed by atoms with Crippen molar-refractivity contribution in [3.8, 4) is 0 Å². The van der Waals surface area contributed by atoms with Gasteiger partial charge in [-0.2, -0.15) is 14.6 Å². The van der Waals surface area contributed by atoms with E-state index in [1.807, 2.05) is 12.3 Å². The average Bonchev–Trinajstić information content (AvgIpc) is 2.98. The first kappa shape index (κ1) is 14.2. The number of aromatic nitrogens is 4. The van der Waals surface area contributed by atoms with Gasteiger partial charge in [0.1, 0.15) is 5.82 Å². The standard InChI is InChI=1S/C14H20N6S/c1-14(2,3)12-17-13(21-18-12)20-8-6-19(7-9-20)11-4-5-15-16-10-11/h4-5,10H,6-9H2,1-3H3. The SMILES string of the molecule is CC(C)(C)c1nsc(N2CCN(c3ccnnc3)CC2)n1. The zero-order chi connectivity index (χ0) is 14.9. The molecule has 1 fully saturated rings. The van der Waals surface area contributed by atoms with Crippen molar-refractivity contribution in [3.63, 3.8) is 0 Å². The minimum Gasteiger partial charge on any atom is -0.367 e. The molecule has 7 heteroatoms. The second kappa shape index (κ2) is 5.55. The van der Waals surface area contributed by atoms with Crippen LogP contribution in [0.15, 0.2) is 18.5 Å². The lowest BCUT2D eigenvalue weighted by Crippen LogP contribution is -2.46. The van der Waals surface area contributed by atoms with Crippen LogP contribution in [0.25, 0.3) is 0 Å². The third-order valence-electron chi connectivity index (χ3n) is 3.57. The number of hydrogen-bond acceptors (Lipinski definition) is 7. The first-order valence-electron chi connectivity index (χ1n) is 7.15. The van der Waals surface area contributed by atoms with Crippen LogP contribution in [0, 0.1) is 0 Å². The van der Waals surface area contributed by atoms with Gasteiger partial charge in [0.25, 0.3) is 0 Å². The Kier molecular flexibility index (Phi) is 3.75. The third-order valence-corrected chi connectivity index (χ3v) is 4.35. The Bertz CT molecular complexity index is 583. The molecule has 0 bridgehead atoms. The predicted molar refractivity (Wildman–Crippen MR) is 85.1 cm³/mol. The van der Waals surface area contributed by atoms with E-state index in [-0.39, 0.29) is 5.41 Å². The van der Waals surface area contributed by atoms with Gasteiger partial charge in [-0.15, -0.1) is 0 Å². The zero-order valence-electron chi connectivity index (χ0n) is 12.7. The maximum absolute atomic E-state index is 4.70. The summed E-state index contributed by atoms with van der Waals surface area (Å²) in [6.07, 6.45) is 3.56. The number of piperazine rings is 1. The van der Waals surface area contributed by atoms with Crippen LogP contribution in [-0.2, 0) is 5.41 Å². The molecule has 0 radical (unpaired) electrons. The van der Waals surface area contributed by atoms with E-state index in [1.54, 1.807) is 6.20 Å². The Balaban J connectivity index is 1.65. The van der Waals surface area contributed by atoms with E-state index in [9.17, 15) is 0 Å². The van der Waals surface area contributed by atoms with E-state index in [2.05, 4.69) is 45.1 Å². The van der Waals surface area contributed by atoms with Crippen LogP contribution in [0.5, 0.6) is 0 Å². The zero-order valence-corrected chi connectivity index (χ0v) is 13.5. The molecule has 0 aliphatic carbocycles. The van der Waals surface area contributed by atoms with Crippen molar-refractivity contribution < 1.29 is 0 Å². The lowest BCUT2D eigenvalue weighted by molar-refractivity contribution is 0.553. The molecule has 112 valence electrons. The molecule has 0 unspecified atom stereocenters. The summed E-state index contributed by atoms with van der Waals surface area (Å²) in [6, 6.07) is 2.01. The largest absolute Gasteiger partial charge is 0.367 e. The fraction of sp³-hybridized carbons (Fsp3) is 0.571. The van der Waals surface area contributed by atoms with Gasteiger partial charge >= 0.3 is 0 Å².